The highest BCUT2D eigenvalue weighted by atomic mass is 16.6. The molecule has 29 heavy (non-hydrogen) atoms. The smallest absolute Gasteiger partial charge is 0.345 e. The van der Waals surface area contributed by atoms with Gasteiger partial charge < -0.3 is 24.7 Å². The summed E-state index contributed by atoms with van der Waals surface area (Å²) in [5.74, 6) is -2.20. The van der Waals surface area contributed by atoms with E-state index < -0.39 is 24.1 Å². The van der Waals surface area contributed by atoms with Crippen LogP contribution in [0.1, 0.15) is 11.1 Å². The molecule has 2 aromatic rings. The standard InChI is InChI=1S/C22H28N2O5/c1-23(2)17-9-5-15(6-10-17)13-19(25)22(28)29-20(21(26)27)14-16-7-11-18(12-8-16)24(3)4/h5-12,19-20,25H,13-14H2,1-4H3,(H,26,27). The van der Waals surface area contributed by atoms with E-state index in [1.165, 1.54) is 0 Å². The number of hydrogen-bond acceptors (Lipinski definition) is 6. The Morgan fingerprint density at radius 2 is 1.24 bits per heavy atom. The Balaban J connectivity index is 1.98. The van der Waals surface area contributed by atoms with Gasteiger partial charge in [0, 0.05) is 52.4 Å². The highest BCUT2D eigenvalue weighted by Crippen LogP contribution is 2.16. The molecule has 0 spiro atoms. The first kappa shape index (κ1) is 22.2. The number of carbonyl (C=O) groups excluding carboxylic acids is 1. The second-order valence-electron chi connectivity index (χ2n) is 7.31. The van der Waals surface area contributed by atoms with Crippen LogP contribution in [0.25, 0.3) is 0 Å². The van der Waals surface area contributed by atoms with Gasteiger partial charge in [0.25, 0.3) is 0 Å². The Morgan fingerprint density at radius 3 is 1.62 bits per heavy atom. The molecule has 7 heteroatoms. The zero-order chi connectivity index (χ0) is 21.6. The number of carboxylic acid groups (broad SMARTS) is 1. The maximum Gasteiger partial charge on any atom is 0.345 e. The molecule has 0 aliphatic rings. The molecule has 0 heterocycles. The minimum absolute atomic E-state index is 0.0268. The molecule has 2 N–H and O–H groups in total. The summed E-state index contributed by atoms with van der Waals surface area (Å²) in [5, 5.41) is 19.6. The summed E-state index contributed by atoms with van der Waals surface area (Å²) in [6.45, 7) is 0. The molecule has 0 saturated heterocycles. The quantitative estimate of drug-likeness (QED) is 0.622. The van der Waals surface area contributed by atoms with Crippen molar-refractivity contribution in [2.75, 3.05) is 38.0 Å². The number of rotatable bonds is 9. The van der Waals surface area contributed by atoms with Crippen LogP contribution in [0.4, 0.5) is 11.4 Å². The molecule has 2 rings (SSSR count). The predicted octanol–water partition coefficient (Wildman–Crippen LogP) is 1.96. The van der Waals surface area contributed by atoms with Crippen LogP contribution in [0.2, 0.25) is 0 Å². The van der Waals surface area contributed by atoms with Gasteiger partial charge in [0.15, 0.2) is 6.10 Å². The molecule has 0 radical (unpaired) electrons. The molecule has 7 nitrogen and oxygen atoms in total. The molecule has 0 aliphatic carbocycles. The Morgan fingerprint density at radius 1 is 0.828 bits per heavy atom. The van der Waals surface area contributed by atoms with E-state index in [2.05, 4.69) is 0 Å². The zero-order valence-electron chi connectivity index (χ0n) is 17.2. The lowest BCUT2D eigenvalue weighted by molar-refractivity contribution is -0.170. The highest BCUT2D eigenvalue weighted by molar-refractivity contribution is 5.80. The van der Waals surface area contributed by atoms with Crippen LogP contribution in [0.3, 0.4) is 0 Å². The van der Waals surface area contributed by atoms with Crippen molar-refractivity contribution < 1.29 is 24.5 Å². The van der Waals surface area contributed by atoms with E-state index in [1.54, 1.807) is 12.1 Å². The fourth-order valence-corrected chi connectivity index (χ4v) is 2.78. The zero-order valence-corrected chi connectivity index (χ0v) is 17.2. The number of benzene rings is 2. The number of ether oxygens (including phenoxy) is 1. The topological polar surface area (TPSA) is 90.3 Å². The molecule has 0 saturated carbocycles. The minimum Gasteiger partial charge on any atom is -0.478 e. The number of carboxylic acids is 1. The SMILES string of the molecule is CN(C)c1ccc(CC(O)C(=O)OC(Cc2ccc(N(C)C)cc2)C(=O)O)cc1. The highest BCUT2D eigenvalue weighted by Gasteiger charge is 2.27. The summed E-state index contributed by atoms with van der Waals surface area (Å²) in [4.78, 5) is 27.6. The average molecular weight is 400 g/mol. The molecule has 2 unspecified atom stereocenters. The largest absolute Gasteiger partial charge is 0.478 e. The number of aliphatic hydroxyl groups excluding tert-OH is 1. The van der Waals surface area contributed by atoms with E-state index in [0.717, 1.165) is 22.5 Å². The van der Waals surface area contributed by atoms with Gasteiger partial charge in [-0.25, -0.2) is 9.59 Å². The Kier molecular flexibility index (Phi) is 7.61. The first-order valence-electron chi connectivity index (χ1n) is 9.31. The number of anilines is 2. The van der Waals surface area contributed by atoms with E-state index >= 15 is 0 Å². The summed E-state index contributed by atoms with van der Waals surface area (Å²) in [5.41, 5.74) is 3.46. The van der Waals surface area contributed by atoms with Crippen LogP contribution in [0.5, 0.6) is 0 Å². The summed E-state index contributed by atoms with van der Waals surface area (Å²) >= 11 is 0. The van der Waals surface area contributed by atoms with Crippen molar-refractivity contribution in [2.24, 2.45) is 0 Å². The van der Waals surface area contributed by atoms with E-state index in [1.807, 2.05) is 74.4 Å². The van der Waals surface area contributed by atoms with Crippen molar-refractivity contribution in [2.45, 2.75) is 25.0 Å². The second kappa shape index (κ2) is 9.93. The maximum atomic E-state index is 12.2. The fourth-order valence-electron chi connectivity index (χ4n) is 2.78. The van der Waals surface area contributed by atoms with Crippen LogP contribution in [0.15, 0.2) is 48.5 Å². The van der Waals surface area contributed by atoms with Gasteiger partial charge in [-0.2, -0.15) is 0 Å². The lowest BCUT2D eigenvalue weighted by Crippen LogP contribution is -2.35. The van der Waals surface area contributed by atoms with Gasteiger partial charge in [-0.15, -0.1) is 0 Å². The number of hydrogen-bond donors (Lipinski definition) is 2. The van der Waals surface area contributed by atoms with Crippen molar-refractivity contribution in [1.82, 2.24) is 0 Å². The van der Waals surface area contributed by atoms with Crippen molar-refractivity contribution in [3.63, 3.8) is 0 Å². The first-order chi connectivity index (χ1) is 13.7. The molecule has 2 aromatic carbocycles. The maximum absolute atomic E-state index is 12.2. The van der Waals surface area contributed by atoms with Crippen LogP contribution in [-0.4, -0.2) is 62.6 Å². The normalized spacial score (nSPS) is 12.7. The second-order valence-corrected chi connectivity index (χ2v) is 7.31. The Bertz CT molecular complexity index is 816. The Labute approximate surface area is 171 Å². The fraction of sp³-hybridized carbons (Fsp3) is 0.364. The third-order valence-corrected chi connectivity index (χ3v) is 4.56. The van der Waals surface area contributed by atoms with Crippen LogP contribution >= 0.6 is 0 Å². The first-order valence-corrected chi connectivity index (χ1v) is 9.31. The minimum atomic E-state index is -1.43. The average Bonchev–Trinajstić information content (AvgIpc) is 2.68. The summed E-state index contributed by atoms with van der Waals surface area (Å²) in [6, 6.07) is 14.7. The van der Waals surface area contributed by atoms with Crippen molar-refractivity contribution in [1.29, 1.82) is 0 Å². The summed E-state index contributed by atoms with van der Waals surface area (Å²) < 4.78 is 5.08. The number of esters is 1. The van der Waals surface area contributed by atoms with Gasteiger partial charge >= 0.3 is 11.9 Å². The van der Waals surface area contributed by atoms with Gasteiger partial charge in [-0.1, -0.05) is 24.3 Å². The monoisotopic (exact) mass is 400 g/mol. The summed E-state index contributed by atoms with van der Waals surface area (Å²) in [7, 11) is 7.65. The lowest BCUT2D eigenvalue weighted by atomic mass is 10.1. The molecule has 0 bridgehead atoms. The van der Waals surface area contributed by atoms with E-state index in [-0.39, 0.29) is 12.8 Å². The van der Waals surface area contributed by atoms with Gasteiger partial charge in [-0.3, -0.25) is 0 Å². The van der Waals surface area contributed by atoms with Crippen LogP contribution < -0.4 is 9.80 Å². The van der Waals surface area contributed by atoms with Crippen molar-refractivity contribution in [3.8, 4) is 0 Å². The number of carbonyl (C=O) groups is 2. The molecule has 0 fully saturated rings. The molecular weight excluding hydrogens is 372 g/mol. The number of aliphatic carboxylic acids is 1. The van der Waals surface area contributed by atoms with Crippen LogP contribution in [-0.2, 0) is 27.2 Å². The lowest BCUT2D eigenvalue weighted by Gasteiger charge is -2.18. The molecule has 156 valence electrons. The third-order valence-electron chi connectivity index (χ3n) is 4.56. The van der Waals surface area contributed by atoms with Gasteiger partial charge in [0.1, 0.15) is 0 Å². The molecule has 0 amide bonds. The van der Waals surface area contributed by atoms with Crippen LogP contribution in [0, 0.1) is 0 Å². The number of nitrogens with zero attached hydrogens (tertiary/aromatic N) is 2. The van der Waals surface area contributed by atoms with E-state index in [9.17, 15) is 19.8 Å². The van der Waals surface area contributed by atoms with Gasteiger partial charge in [0.2, 0.25) is 6.10 Å². The molecular formula is C22H28N2O5. The van der Waals surface area contributed by atoms with E-state index in [4.69, 9.17) is 4.74 Å². The van der Waals surface area contributed by atoms with Gasteiger partial charge in [0.05, 0.1) is 0 Å². The van der Waals surface area contributed by atoms with E-state index in [0.29, 0.717) is 0 Å². The summed E-state index contributed by atoms with van der Waals surface area (Å²) in [6.07, 6.45) is -2.72. The molecule has 2 atom stereocenters. The predicted molar refractivity (Wildman–Crippen MR) is 112 cm³/mol. The third kappa shape index (κ3) is 6.50. The molecule has 0 aliphatic heterocycles. The molecule has 0 aromatic heterocycles. The van der Waals surface area contributed by atoms with Crippen molar-refractivity contribution >= 4 is 23.3 Å². The van der Waals surface area contributed by atoms with Crippen molar-refractivity contribution in [3.05, 3.63) is 59.7 Å². The Hall–Kier alpha value is -3.06. The van der Waals surface area contributed by atoms with Gasteiger partial charge in [-0.05, 0) is 35.4 Å². The number of aliphatic hydroxyl groups is 1.